The molecule has 2 heterocycles. The van der Waals surface area contributed by atoms with Gasteiger partial charge in [0.1, 0.15) is 11.9 Å². The highest BCUT2D eigenvalue weighted by molar-refractivity contribution is 9.10. The third kappa shape index (κ3) is 2.66. The fourth-order valence-electron chi connectivity index (χ4n) is 2.70. The minimum absolute atomic E-state index is 0.340. The lowest BCUT2D eigenvalue weighted by molar-refractivity contribution is 0.0557. The highest BCUT2D eigenvalue weighted by atomic mass is 79.9. The zero-order valence-electron chi connectivity index (χ0n) is 9.82. The molecule has 0 aliphatic carbocycles. The second-order valence-electron chi connectivity index (χ2n) is 4.90. The van der Waals surface area contributed by atoms with Crippen molar-refractivity contribution in [3.8, 4) is 5.75 Å². The zero-order chi connectivity index (χ0) is 11.7. The monoisotopic (exact) mass is 296 g/mol. The Morgan fingerprint density at radius 2 is 2.18 bits per heavy atom. The van der Waals surface area contributed by atoms with Crippen molar-refractivity contribution in [2.45, 2.75) is 44.3 Å². The molecular formula is C14H17BrO2. The van der Waals surface area contributed by atoms with Crippen molar-refractivity contribution in [3.05, 3.63) is 28.2 Å². The maximum Gasteiger partial charge on any atom is 0.122 e. The summed E-state index contributed by atoms with van der Waals surface area (Å²) in [6, 6.07) is 6.28. The molecule has 1 aromatic rings. The lowest BCUT2D eigenvalue weighted by atomic mass is 9.98. The van der Waals surface area contributed by atoms with Crippen LogP contribution in [0.15, 0.2) is 22.7 Å². The molecule has 0 saturated carbocycles. The van der Waals surface area contributed by atoms with Gasteiger partial charge in [-0.1, -0.05) is 15.9 Å². The van der Waals surface area contributed by atoms with Gasteiger partial charge in [0.25, 0.3) is 0 Å². The van der Waals surface area contributed by atoms with Gasteiger partial charge in [-0.2, -0.15) is 0 Å². The van der Waals surface area contributed by atoms with E-state index in [9.17, 15) is 0 Å². The van der Waals surface area contributed by atoms with Crippen LogP contribution >= 0.6 is 15.9 Å². The molecule has 0 bridgehead atoms. The Balaban J connectivity index is 1.65. The van der Waals surface area contributed by atoms with Gasteiger partial charge >= 0.3 is 0 Å². The molecular weight excluding hydrogens is 280 g/mol. The SMILES string of the molecule is Brc1ccc2c(c1)CCC(CC1CCCO1)O2. The van der Waals surface area contributed by atoms with Crippen LogP contribution in [0.1, 0.15) is 31.2 Å². The number of rotatable bonds is 2. The summed E-state index contributed by atoms with van der Waals surface area (Å²) in [6.45, 7) is 0.931. The second kappa shape index (κ2) is 4.99. The molecule has 0 N–H and O–H groups in total. The highest BCUT2D eigenvalue weighted by Crippen LogP contribution is 2.32. The summed E-state index contributed by atoms with van der Waals surface area (Å²) in [6.07, 6.45) is 6.46. The molecule has 0 amide bonds. The predicted octanol–water partition coefficient (Wildman–Crippen LogP) is 3.71. The van der Waals surface area contributed by atoms with E-state index < -0.39 is 0 Å². The fourth-order valence-corrected chi connectivity index (χ4v) is 3.11. The maximum absolute atomic E-state index is 6.05. The summed E-state index contributed by atoms with van der Waals surface area (Å²) in [5.41, 5.74) is 1.32. The van der Waals surface area contributed by atoms with E-state index in [1.807, 2.05) is 6.07 Å². The lowest BCUT2D eigenvalue weighted by Gasteiger charge is -2.27. The fraction of sp³-hybridized carbons (Fsp3) is 0.571. The van der Waals surface area contributed by atoms with Crippen LogP contribution in [0.5, 0.6) is 5.75 Å². The Labute approximate surface area is 110 Å². The van der Waals surface area contributed by atoms with Crippen molar-refractivity contribution in [2.24, 2.45) is 0 Å². The minimum Gasteiger partial charge on any atom is -0.490 e. The summed E-state index contributed by atoms with van der Waals surface area (Å²) in [5, 5.41) is 0. The molecule has 2 aliphatic heterocycles. The molecule has 3 heteroatoms. The molecule has 2 aliphatic rings. The summed E-state index contributed by atoms with van der Waals surface area (Å²) in [4.78, 5) is 0. The Hall–Kier alpha value is -0.540. The second-order valence-corrected chi connectivity index (χ2v) is 5.82. The summed E-state index contributed by atoms with van der Waals surface area (Å²) in [5.74, 6) is 1.06. The number of aryl methyl sites for hydroxylation is 1. The van der Waals surface area contributed by atoms with Crippen LogP contribution in [0.3, 0.4) is 0 Å². The maximum atomic E-state index is 6.05. The average molecular weight is 297 g/mol. The molecule has 92 valence electrons. The van der Waals surface area contributed by atoms with Crippen LogP contribution in [0, 0.1) is 0 Å². The third-order valence-corrected chi connectivity index (χ3v) is 4.09. The molecule has 0 radical (unpaired) electrons. The van der Waals surface area contributed by atoms with Crippen LogP contribution in [-0.4, -0.2) is 18.8 Å². The van der Waals surface area contributed by atoms with E-state index in [2.05, 4.69) is 28.1 Å². The number of hydrogen-bond acceptors (Lipinski definition) is 2. The molecule has 3 rings (SSSR count). The summed E-state index contributed by atoms with van der Waals surface area (Å²) < 4.78 is 12.9. The Kier molecular flexibility index (Phi) is 3.39. The Bertz CT molecular complexity index is 399. The van der Waals surface area contributed by atoms with Crippen LogP contribution in [0.4, 0.5) is 0 Å². The normalized spacial score (nSPS) is 27.6. The number of benzene rings is 1. The first kappa shape index (κ1) is 11.5. The van der Waals surface area contributed by atoms with Crippen LogP contribution in [-0.2, 0) is 11.2 Å². The molecule has 2 nitrogen and oxygen atoms in total. The predicted molar refractivity (Wildman–Crippen MR) is 70.5 cm³/mol. The van der Waals surface area contributed by atoms with Gasteiger partial charge in [-0.25, -0.2) is 0 Å². The van der Waals surface area contributed by atoms with Crippen molar-refractivity contribution in [1.29, 1.82) is 0 Å². The first-order valence-corrected chi connectivity index (χ1v) is 7.17. The molecule has 0 aromatic heterocycles. The quantitative estimate of drug-likeness (QED) is 0.828. The lowest BCUT2D eigenvalue weighted by Crippen LogP contribution is -2.27. The number of ether oxygens (including phenoxy) is 2. The number of hydrogen-bond donors (Lipinski definition) is 0. The largest absolute Gasteiger partial charge is 0.490 e. The van der Waals surface area contributed by atoms with E-state index in [0.717, 1.165) is 36.1 Å². The van der Waals surface area contributed by atoms with Gasteiger partial charge in [-0.05, 0) is 49.4 Å². The van der Waals surface area contributed by atoms with Crippen molar-refractivity contribution in [1.82, 2.24) is 0 Å². The van der Waals surface area contributed by atoms with Gasteiger partial charge in [0.05, 0.1) is 6.10 Å². The Morgan fingerprint density at radius 1 is 1.24 bits per heavy atom. The van der Waals surface area contributed by atoms with E-state index in [1.165, 1.54) is 18.4 Å². The van der Waals surface area contributed by atoms with E-state index in [1.54, 1.807) is 0 Å². The summed E-state index contributed by atoms with van der Waals surface area (Å²) in [7, 11) is 0. The van der Waals surface area contributed by atoms with E-state index in [4.69, 9.17) is 9.47 Å². The van der Waals surface area contributed by atoms with Gasteiger partial charge in [-0.3, -0.25) is 0 Å². The van der Waals surface area contributed by atoms with Gasteiger partial charge < -0.3 is 9.47 Å². The molecule has 1 aromatic carbocycles. The van der Waals surface area contributed by atoms with Gasteiger partial charge in [0, 0.05) is 17.5 Å². The van der Waals surface area contributed by atoms with Crippen molar-refractivity contribution < 1.29 is 9.47 Å². The molecule has 17 heavy (non-hydrogen) atoms. The van der Waals surface area contributed by atoms with Crippen LogP contribution in [0.25, 0.3) is 0 Å². The standard InChI is InChI=1S/C14H17BrO2/c15-11-4-6-14-10(8-11)3-5-13(17-14)9-12-2-1-7-16-12/h4,6,8,12-13H,1-3,5,7,9H2. The molecule has 2 atom stereocenters. The van der Waals surface area contributed by atoms with Crippen molar-refractivity contribution in [3.63, 3.8) is 0 Å². The van der Waals surface area contributed by atoms with Crippen LogP contribution in [0.2, 0.25) is 0 Å². The van der Waals surface area contributed by atoms with E-state index in [0.29, 0.717) is 12.2 Å². The molecule has 2 unspecified atom stereocenters. The van der Waals surface area contributed by atoms with Crippen LogP contribution < -0.4 is 4.74 Å². The summed E-state index contributed by atoms with van der Waals surface area (Å²) >= 11 is 3.50. The minimum atomic E-state index is 0.340. The topological polar surface area (TPSA) is 18.5 Å². The average Bonchev–Trinajstić information content (AvgIpc) is 2.82. The first-order valence-electron chi connectivity index (χ1n) is 6.38. The van der Waals surface area contributed by atoms with Gasteiger partial charge in [0.2, 0.25) is 0 Å². The van der Waals surface area contributed by atoms with E-state index >= 15 is 0 Å². The molecule has 0 spiro atoms. The zero-order valence-corrected chi connectivity index (χ0v) is 11.4. The Morgan fingerprint density at radius 3 is 3.00 bits per heavy atom. The number of fused-ring (bicyclic) bond motifs is 1. The highest BCUT2D eigenvalue weighted by Gasteiger charge is 2.25. The third-order valence-electron chi connectivity index (χ3n) is 3.60. The molecule has 1 fully saturated rings. The van der Waals surface area contributed by atoms with E-state index in [-0.39, 0.29) is 0 Å². The van der Waals surface area contributed by atoms with Crippen molar-refractivity contribution >= 4 is 15.9 Å². The van der Waals surface area contributed by atoms with Gasteiger partial charge in [-0.15, -0.1) is 0 Å². The van der Waals surface area contributed by atoms with Gasteiger partial charge in [0.15, 0.2) is 0 Å². The first-order chi connectivity index (χ1) is 8.31. The van der Waals surface area contributed by atoms with Crippen molar-refractivity contribution in [2.75, 3.05) is 6.61 Å². The smallest absolute Gasteiger partial charge is 0.122 e. The number of halogens is 1. The molecule has 1 saturated heterocycles.